The van der Waals surface area contributed by atoms with Gasteiger partial charge in [0, 0.05) is 31.9 Å². The predicted molar refractivity (Wildman–Crippen MR) is 68.7 cm³/mol. The van der Waals surface area contributed by atoms with Gasteiger partial charge in [-0.05, 0) is 18.9 Å². The molecular weight excluding hydrogens is 306 g/mol. The second-order valence-corrected chi connectivity index (χ2v) is 5.52. The Morgan fingerprint density at radius 2 is 2.00 bits per heavy atom. The Morgan fingerprint density at radius 1 is 1.39 bits per heavy atom. The van der Waals surface area contributed by atoms with Crippen molar-refractivity contribution >= 4 is 21.8 Å². The largest absolute Gasteiger partial charge is 0.618 e. The minimum Gasteiger partial charge on any atom is -0.618 e. The van der Waals surface area contributed by atoms with Crippen LogP contribution in [-0.2, 0) is 0 Å². The first-order chi connectivity index (χ1) is 8.39. The highest BCUT2D eigenvalue weighted by molar-refractivity contribution is 9.10. The van der Waals surface area contributed by atoms with Gasteiger partial charge in [0.05, 0.1) is 16.1 Å². The molecule has 0 bridgehead atoms. The summed E-state index contributed by atoms with van der Waals surface area (Å²) in [4.78, 5) is 0. The summed E-state index contributed by atoms with van der Waals surface area (Å²) >= 11 is 3.38. The predicted octanol–water partition coefficient (Wildman–Crippen LogP) is 3.32. The first kappa shape index (κ1) is 13.5. The highest BCUT2D eigenvalue weighted by Crippen LogP contribution is 2.37. The van der Waals surface area contributed by atoms with Crippen molar-refractivity contribution in [3.05, 3.63) is 29.2 Å². The first-order valence-corrected chi connectivity index (χ1v) is 6.63. The standard InChI is InChI=1S/C12H15BrF2N2O/c1-9-2-3-11(8-16(9)18)17(13)10-4-6-12(14,15)7-5-10/h2-3,8,10H,4-7H2,1H3. The van der Waals surface area contributed by atoms with Gasteiger partial charge in [0.25, 0.3) is 0 Å². The minimum absolute atomic E-state index is 0.00679. The van der Waals surface area contributed by atoms with Crippen LogP contribution >= 0.6 is 16.1 Å². The number of alkyl halides is 2. The van der Waals surface area contributed by atoms with Crippen LogP contribution in [0.5, 0.6) is 0 Å². The Morgan fingerprint density at radius 3 is 2.56 bits per heavy atom. The Labute approximate surface area is 113 Å². The number of hydrogen-bond donors (Lipinski definition) is 0. The lowest BCUT2D eigenvalue weighted by molar-refractivity contribution is -0.611. The van der Waals surface area contributed by atoms with Gasteiger partial charge < -0.3 is 9.13 Å². The topological polar surface area (TPSA) is 30.2 Å². The van der Waals surface area contributed by atoms with Gasteiger partial charge in [-0.2, -0.15) is 4.73 Å². The molecule has 2 rings (SSSR count). The summed E-state index contributed by atoms with van der Waals surface area (Å²) in [5, 5.41) is 11.5. The maximum Gasteiger partial charge on any atom is 0.248 e. The van der Waals surface area contributed by atoms with E-state index >= 15 is 0 Å². The van der Waals surface area contributed by atoms with Crippen LogP contribution in [0.2, 0.25) is 0 Å². The first-order valence-electron chi connectivity index (χ1n) is 5.92. The monoisotopic (exact) mass is 320 g/mol. The van der Waals surface area contributed by atoms with Crippen LogP contribution in [0.3, 0.4) is 0 Å². The molecule has 0 N–H and O–H groups in total. The van der Waals surface area contributed by atoms with E-state index in [1.54, 1.807) is 16.9 Å². The van der Waals surface area contributed by atoms with Gasteiger partial charge in [-0.15, -0.1) is 0 Å². The molecule has 0 aromatic carbocycles. The third kappa shape index (κ3) is 2.91. The molecule has 1 aliphatic carbocycles. The van der Waals surface area contributed by atoms with Crippen molar-refractivity contribution < 1.29 is 13.5 Å². The smallest absolute Gasteiger partial charge is 0.248 e. The van der Waals surface area contributed by atoms with Crippen LogP contribution in [0, 0.1) is 12.1 Å². The molecule has 1 aromatic heterocycles. The number of anilines is 1. The zero-order chi connectivity index (χ0) is 13.3. The fraction of sp³-hybridized carbons (Fsp3) is 0.583. The molecule has 0 amide bonds. The maximum absolute atomic E-state index is 13.1. The third-order valence-electron chi connectivity index (χ3n) is 3.35. The Balaban J connectivity index is 2.07. The van der Waals surface area contributed by atoms with Gasteiger partial charge in [0.1, 0.15) is 5.69 Å². The summed E-state index contributed by atoms with van der Waals surface area (Å²) in [7, 11) is 0. The van der Waals surface area contributed by atoms with Crippen molar-refractivity contribution in [2.24, 2.45) is 0 Å². The molecule has 1 aromatic rings. The maximum atomic E-state index is 13.1. The van der Waals surface area contributed by atoms with E-state index in [2.05, 4.69) is 16.1 Å². The molecule has 18 heavy (non-hydrogen) atoms. The van der Waals surface area contributed by atoms with E-state index in [0.717, 1.165) is 4.73 Å². The lowest BCUT2D eigenvalue weighted by atomic mass is 9.92. The van der Waals surface area contributed by atoms with Crippen LogP contribution in [0.1, 0.15) is 31.4 Å². The fourth-order valence-electron chi connectivity index (χ4n) is 2.13. The fourth-order valence-corrected chi connectivity index (χ4v) is 2.75. The van der Waals surface area contributed by atoms with E-state index < -0.39 is 5.92 Å². The average Bonchev–Trinajstić information content (AvgIpc) is 2.32. The second kappa shape index (κ2) is 4.99. The number of aryl methyl sites for hydroxylation is 1. The number of rotatable bonds is 2. The molecular formula is C12H15BrF2N2O. The molecule has 0 saturated heterocycles. The van der Waals surface area contributed by atoms with Crippen molar-refractivity contribution in [1.82, 2.24) is 0 Å². The summed E-state index contributed by atoms with van der Waals surface area (Å²) < 4.78 is 28.7. The molecule has 1 aliphatic rings. The minimum atomic E-state index is -2.53. The molecule has 1 saturated carbocycles. The summed E-state index contributed by atoms with van der Waals surface area (Å²) in [5.74, 6) is -2.53. The Kier molecular flexibility index (Phi) is 3.75. The zero-order valence-electron chi connectivity index (χ0n) is 10.1. The molecule has 0 aliphatic heterocycles. The Bertz CT molecular complexity index is 432. The number of pyridine rings is 1. The van der Waals surface area contributed by atoms with Crippen LogP contribution < -0.4 is 8.66 Å². The second-order valence-electron chi connectivity index (χ2n) is 4.75. The van der Waals surface area contributed by atoms with Gasteiger partial charge >= 0.3 is 0 Å². The number of nitrogens with zero attached hydrogens (tertiary/aromatic N) is 2. The van der Waals surface area contributed by atoms with Crippen LogP contribution in [0.25, 0.3) is 0 Å². The normalized spacial score (nSPS) is 19.8. The van der Waals surface area contributed by atoms with Crippen molar-refractivity contribution in [2.45, 2.75) is 44.6 Å². The van der Waals surface area contributed by atoms with Crippen molar-refractivity contribution in [3.63, 3.8) is 0 Å². The highest BCUT2D eigenvalue weighted by Gasteiger charge is 2.37. The zero-order valence-corrected chi connectivity index (χ0v) is 11.7. The summed E-state index contributed by atoms with van der Waals surface area (Å²) in [6.45, 7) is 1.72. The van der Waals surface area contributed by atoms with E-state index in [1.165, 1.54) is 6.20 Å². The van der Waals surface area contributed by atoms with Gasteiger partial charge in [0.2, 0.25) is 12.1 Å². The summed E-state index contributed by atoms with van der Waals surface area (Å²) in [5.41, 5.74) is 1.31. The molecule has 1 heterocycles. The number of aromatic nitrogens is 1. The molecule has 0 atom stereocenters. The van der Waals surface area contributed by atoms with Crippen molar-refractivity contribution in [1.29, 1.82) is 0 Å². The molecule has 0 unspecified atom stereocenters. The van der Waals surface area contributed by atoms with Gasteiger partial charge in [-0.1, -0.05) is 0 Å². The van der Waals surface area contributed by atoms with Crippen LogP contribution in [0.4, 0.5) is 14.5 Å². The molecule has 0 radical (unpaired) electrons. The lowest BCUT2D eigenvalue weighted by Gasteiger charge is -2.33. The van der Waals surface area contributed by atoms with Gasteiger partial charge in [-0.3, -0.25) is 0 Å². The van der Waals surface area contributed by atoms with E-state index in [4.69, 9.17) is 0 Å². The van der Waals surface area contributed by atoms with Crippen molar-refractivity contribution in [2.75, 3.05) is 3.93 Å². The van der Waals surface area contributed by atoms with Gasteiger partial charge in [-0.25, -0.2) is 8.78 Å². The van der Waals surface area contributed by atoms with E-state index in [9.17, 15) is 14.0 Å². The van der Waals surface area contributed by atoms with E-state index in [1.807, 2.05) is 6.07 Å². The molecule has 1 fully saturated rings. The molecule has 3 nitrogen and oxygen atoms in total. The summed E-state index contributed by atoms with van der Waals surface area (Å²) in [6, 6.07) is 3.53. The highest BCUT2D eigenvalue weighted by atomic mass is 79.9. The average molecular weight is 321 g/mol. The molecule has 0 spiro atoms. The summed E-state index contributed by atoms with van der Waals surface area (Å²) in [6.07, 6.45) is 2.11. The number of hydrogen-bond acceptors (Lipinski definition) is 2. The van der Waals surface area contributed by atoms with Gasteiger partial charge in [0.15, 0.2) is 5.69 Å². The van der Waals surface area contributed by atoms with Crippen molar-refractivity contribution in [3.8, 4) is 0 Å². The van der Waals surface area contributed by atoms with E-state index in [0.29, 0.717) is 24.2 Å². The van der Waals surface area contributed by atoms with E-state index in [-0.39, 0.29) is 18.9 Å². The lowest BCUT2D eigenvalue weighted by Crippen LogP contribution is -2.37. The quantitative estimate of drug-likeness (QED) is 0.475. The van der Waals surface area contributed by atoms with Crippen LogP contribution in [-0.4, -0.2) is 12.0 Å². The Hall–Kier alpha value is -0.910. The number of halogens is 3. The SMILES string of the molecule is Cc1ccc(N(Br)C2CCC(F)(F)CC2)c[n+]1[O-]. The molecule has 100 valence electrons. The van der Waals surface area contributed by atoms with Crippen LogP contribution in [0.15, 0.2) is 18.3 Å². The molecule has 6 heteroatoms. The third-order valence-corrected chi connectivity index (χ3v) is 4.33.